The van der Waals surface area contributed by atoms with Crippen molar-refractivity contribution in [1.29, 1.82) is 0 Å². The monoisotopic (exact) mass is 800 g/mol. The number of hydrogen-bond acceptors (Lipinski definition) is 4. The average Bonchev–Trinajstić information content (AvgIpc) is 3.51. The molecule has 4 aromatic carbocycles. The number of nitrogens with zero attached hydrogens (tertiary/aromatic N) is 3. The second kappa shape index (κ2) is 15.1. The van der Waals surface area contributed by atoms with Crippen molar-refractivity contribution in [2.24, 2.45) is 0 Å². The molecule has 0 N–H and O–H groups in total. The summed E-state index contributed by atoms with van der Waals surface area (Å²) < 4.78 is 6.15. The maximum absolute atomic E-state index is 6.15. The number of aryl methyl sites for hydroxylation is 4. The van der Waals surface area contributed by atoms with Gasteiger partial charge < -0.3 is 14.4 Å². The Morgan fingerprint density at radius 3 is 2.23 bits per heavy atom. The molecule has 4 aromatic heterocycles. The summed E-state index contributed by atoms with van der Waals surface area (Å²) in [4.78, 5) is 13.7. The van der Waals surface area contributed by atoms with Gasteiger partial charge in [0.1, 0.15) is 0 Å². The third kappa shape index (κ3) is 7.34. The van der Waals surface area contributed by atoms with Crippen LogP contribution in [0.25, 0.3) is 55.7 Å². The molecule has 237 valence electrons. The van der Waals surface area contributed by atoms with Crippen LogP contribution in [0.15, 0.2) is 144 Å². The van der Waals surface area contributed by atoms with Gasteiger partial charge in [0.05, 0.1) is 5.58 Å². The predicted molar refractivity (Wildman–Crippen MR) is 191 cm³/mol. The molecule has 5 heteroatoms. The van der Waals surface area contributed by atoms with Crippen LogP contribution in [0.2, 0.25) is 0 Å². The third-order valence-electron chi connectivity index (χ3n) is 8.22. The standard InChI is InChI=1S/C24H17N2O.C19H16N.Ir/c1-2-7-17(8-3-1)12-13-18-14-15-20-19-9-6-10-21(22-11-4-5-16-25-22)23(19)27-24(20)26-18;1-14-8-10-17(11-9-14)19-12-18(15(2)13-20-19)16-6-4-3-5-7-16;/h1-9,11,14-16H,12-13H2;3-10,12-13H,1-2H3;/q2*-1;. The smallest absolute Gasteiger partial charge is 0.216 e. The van der Waals surface area contributed by atoms with E-state index in [2.05, 4.69) is 115 Å². The molecule has 1 radical (unpaired) electrons. The quantitative estimate of drug-likeness (QED) is 0.157. The Kier molecular flexibility index (Phi) is 10.3. The molecule has 0 saturated heterocycles. The topological polar surface area (TPSA) is 51.8 Å². The minimum atomic E-state index is 0. The van der Waals surface area contributed by atoms with Gasteiger partial charge in [-0.3, -0.25) is 0 Å². The summed E-state index contributed by atoms with van der Waals surface area (Å²) >= 11 is 0. The number of rotatable bonds is 6. The first-order valence-corrected chi connectivity index (χ1v) is 15.8. The third-order valence-corrected chi connectivity index (χ3v) is 8.22. The molecule has 8 aromatic rings. The minimum absolute atomic E-state index is 0. The van der Waals surface area contributed by atoms with Crippen molar-refractivity contribution in [3.05, 3.63) is 174 Å². The van der Waals surface area contributed by atoms with Crippen LogP contribution in [0.5, 0.6) is 0 Å². The van der Waals surface area contributed by atoms with Crippen LogP contribution in [-0.4, -0.2) is 15.0 Å². The Bertz CT molecular complexity index is 2250. The molecule has 0 aliphatic heterocycles. The van der Waals surface area contributed by atoms with E-state index < -0.39 is 0 Å². The van der Waals surface area contributed by atoms with Crippen LogP contribution >= 0.6 is 0 Å². The summed E-state index contributed by atoms with van der Waals surface area (Å²) in [5, 5.41) is 2.08. The van der Waals surface area contributed by atoms with Gasteiger partial charge in [-0.2, -0.15) is 0 Å². The van der Waals surface area contributed by atoms with Gasteiger partial charge in [0.25, 0.3) is 0 Å². The van der Waals surface area contributed by atoms with E-state index >= 15 is 0 Å². The number of furan rings is 1. The van der Waals surface area contributed by atoms with Crippen LogP contribution in [0.4, 0.5) is 0 Å². The van der Waals surface area contributed by atoms with E-state index in [-0.39, 0.29) is 20.1 Å². The van der Waals surface area contributed by atoms with Gasteiger partial charge in [0.15, 0.2) is 0 Å². The summed E-state index contributed by atoms with van der Waals surface area (Å²) in [5.74, 6) is 0. The number of fused-ring (bicyclic) bond motifs is 3. The molecule has 0 amide bonds. The molecule has 0 unspecified atom stereocenters. The fourth-order valence-electron chi connectivity index (χ4n) is 5.68. The van der Waals surface area contributed by atoms with Gasteiger partial charge in [-0.25, -0.2) is 4.98 Å². The Labute approximate surface area is 294 Å². The van der Waals surface area contributed by atoms with E-state index in [9.17, 15) is 0 Å². The summed E-state index contributed by atoms with van der Waals surface area (Å²) in [5.41, 5.74) is 12.4. The van der Waals surface area contributed by atoms with E-state index in [0.29, 0.717) is 5.71 Å². The fraction of sp³-hybridized carbons (Fsp3) is 0.0930. The number of aromatic nitrogens is 3. The molecular formula is C43H33IrN3O-2. The molecule has 0 fully saturated rings. The normalized spacial score (nSPS) is 10.7. The van der Waals surface area contributed by atoms with Crippen LogP contribution in [0.3, 0.4) is 0 Å². The molecule has 4 nitrogen and oxygen atoms in total. The Morgan fingerprint density at radius 1 is 0.688 bits per heavy atom. The minimum Gasteiger partial charge on any atom is -0.486 e. The summed E-state index contributed by atoms with van der Waals surface area (Å²) in [7, 11) is 0. The molecule has 48 heavy (non-hydrogen) atoms. The van der Waals surface area contributed by atoms with Gasteiger partial charge in [-0.15, -0.1) is 53.6 Å². The number of pyridine rings is 3. The van der Waals surface area contributed by atoms with Gasteiger partial charge in [0, 0.05) is 43.6 Å². The first-order chi connectivity index (χ1) is 23.1. The van der Waals surface area contributed by atoms with Crippen molar-refractivity contribution >= 4 is 22.1 Å². The summed E-state index contributed by atoms with van der Waals surface area (Å²) in [6.45, 7) is 4.16. The molecule has 4 heterocycles. The molecule has 0 saturated carbocycles. The van der Waals surface area contributed by atoms with E-state index in [0.717, 1.165) is 57.4 Å². The van der Waals surface area contributed by atoms with Gasteiger partial charge >= 0.3 is 0 Å². The predicted octanol–water partition coefficient (Wildman–Crippen LogP) is 10.5. The van der Waals surface area contributed by atoms with Crippen molar-refractivity contribution in [3.63, 3.8) is 0 Å². The zero-order valence-corrected chi connectivity index (χ0v) is 29.2. The van der Waals surface area contributed by atoms with Crippen molar-refractivity contribution in [1.82, 2.24) is 15.0 Å². The Hall–Kier alpha value is -5.22. The van der Waals surface area contributed by atoms with Crippen molar-refractivity contribution in [2.75, 3.05) is 0 Å². The van der Waals surface area contributed by atoms with Crippen molar-refractivity contribution < 1.29 is 24.5 Å². The average molecular weight is 800 g/mol. The van der Waals surface area contributed by atoms with Crippen LogP contribution in [-0.2, 0) is 32.9 Å². The number of benzene rings is 4. The molecule has 0 aliphatic rings. The van der Waals surface area contributed by atoms with Gasteiger partial charge in [0.2, 0.25) is 5.71 Å². The molecular weight excluding hydrogens is 767 g/mol. The zero-order chi connectivity index (χ0) is 32.0. The molecule has 8 rings (SSSR count). The van der Waals surface area contributed by atoms with Crippen LogP contribution in [0.1, 0.15) is 22.4 Å². The Morgan fingerprint density at radius 2 is 1.48 bits per heavy atom. The van der Waals surface area contributed by atoms with Crippen molar-refractivity contribution in [2.45, 2.75) is 26.7 Å². The fourth-order valence-corrected chi connectivity index (χ4v) is 5.68. The SMILES string of the molecule is Cc1c[c-]c(-c2cc(-c3ccccc3)c(C)cn2)cc1.[Ir].[c-]1ccc2c(oc3nc(CCc4ccccc4)ccc32)c1-c1ccccn1. The maximum Gasteiger partial charge on any atom is 0.216 e. The largest absolute Gasteiger partial charge is 0.486 e. The first kappa shape index (κ1) is 32.7. The van der Waals surface area contributed by atoms with E-state index in [1.54, 1.807) is 6.20 Å². The van der Waals surface area contributed by atoms with Crippen molar-refractivity contribution in [3.8, 4) is 33.6 Å². The van der Waals surface area contributed by atoms with E-state index in [1.165, 1.54) is 27.8 Å². The second-order valence-electron chi connectivity index (χ2n) is 11.6. The van der Waals surface area contributed by atoms with Crippen LogP contribution < -0.4 is 0 Å². The van der Waals surface area contributed by atoms with Gasteiger partial charge in [-0.1, -0.05) is 96.7 Å². The van der Waals surface area contributed by atoms with E-state index in [1.807, 2.05) is 54.7 Å². The molecule has 0 spiro atoms. The van der Waals surface area contributed by atoms with Crippen LogP contribution in [0, 0.1) is 26.0 Å². The number of hydrogen-bond donors (Lipinski definition) is 0. The zero-order valence-electron chi connectivity index (χ0n) is 26.8. The van der Waals surface area contributed by atoms with Gasteiger partial charge in [-0.05, 0) is 71.6 Å². The summed E-state index contributed by atoms with van der Waals surface area (Å²) in [6, 6.07) is 49.8. The molecule has 0 bridgehead atoms. The second-order valence-corrected chi connectivity index (χ2v) is 11.6. The molecule has 0 aliphatic carbocycles. The summed E-state index contributed by atoms with van der Waals surface area (Å²) in [6.07, 6.45) is 5.57. The maximum atomic E-state index is 6.15. The van der Waals surface area contributed by atoms with E-state index in [4.69, 9.17) is 9.40 Å². The first-order valence-electron chi connectivity index (χ1n) is 15.8. The molecule has 0 atom stereocenters. The Balaban J connectivity index is 0.000000171.